The Bertz CT molecular complexity index is 1420. The average molecular weight is 396 g/mol. The van der Waals surface area contributed by atoms with Gasteiger partial charge in [-0.15, -0.1) is 0 Å². The topological polar surface area (TPSA) is 63.9 Å². The van der Waals surface area contributed by atoms with Crippen LogP contribution in [0.1, 0.15) is 23.2 Å². The Morgan fingerprint density at radius 3 is 2.30 bits per heavy atom. The van der Waals surface area contributed by atoms with Crippen LogP contribution in [-0.4, -0.2) is 47.0 Å². The number of benzene rings is 3. The molecule has 5 aromatic rings. The van der Waals surface area contributed by atoms with Gasteiger partial charge in [0.25, 0.3) is 5.91 Å². The molecule has 0 unspecified atom stereocenters. The number of hydrogen-bond acceptors (Lipinski definition) is 2. The summed E-state index contributed by atoms with van der Waals surface area (Å²) in [6, 6.07) is 18.9. The molecule has 3 aromatic carbocycles. The Hall–Kier alpha value is -3.31. The number of nitrogens with zero attached hydrogens (tertiary/aromatic N) is 1. The van der Waals surface area contributed by atoms with E-state index in [0.29, 0.717) is 0 Å². The number of hydrogen-bond donors (Lipinski definition) is 3. The average Bonchev–Trinajstić information content (AvgIpc) is 3.33. The van der Waals surface area contributed by atoms with Crippen molar-refractivity contribution in [3.63, 3.8) is 0 Å². The summed E-state index contributed by atoms with van der Waals surface area (Å²) in [5, 5.41) is 7.77. The third-order valence-electron chi connectivity index (χ3n) is 6.56. The van der Waals surface area contributed by atoms with Crippen LogP contribution in [0.15, 0.2) is 54.6 Å². The Labute approximate surface area is 174 Å². The van der Waals surface area contributed by atoms with E-state index in [9.17, 15) is 4.79 Å². The monoisotopic (exact) mass is 396 g/mol. The lowest BCUT2D eigenvalue weighted by atomic mass is 10.0. The smallest absolute Gasteiger partial charge is 0.253 e. The number of amides is 1. The summed E-state index contributed by atoms with van der Waals surface area (Å²) in [4.78, 5) is 22.9. The van der Waals surface area contributed by atoms with Crippen molar-refractivity contribution in [3.05, 3.63) is 60.2 Å². The van der Waals surface area contributed by atoms with E-state index < -0.39 is 0 Å². The first kappa shape index (κ1) is 17.5. The number of fused-ring (bicyclic) bond motifs is 7. The molecule has 5 nitrogen and oxygen atoms in total. The molecule has 0 saturated carbocycles. The van der Waals surface area contributed by atoms with Gasteiger partial charge in [-0.2, -0.15) is 0 Å². The number of carbonyl (C=O) groups is 1. The summed E-state index contributed by atoms with van der Waals surface area (Å²) in [5.41, 5.74) is 4.84. The summed E-state index contributed by atoms with van der Waals surface area (Å²) in [5.74, 6) is 0.00768. The summed E-state index contributed by atoms with van der Waals surface area (Å²) >= 11 is 0. The Balaban J connectivity index is 1.58. The van der Waals surface area contributed by atoms with Crippen LogP contribution in [-0.2, 0) is 0 Å². The number of aromatic nitrogens is 2. The number of likely N-dealkylation sites (tertiary alicyclic amines) is 1. The lowest BCUT2D eigenvalue weighted by Gasteiger charge is -2.29. The minimum atomic E-state index is 0.00768. The van der Waals surface area contributed by atoms with Gasteiger partial charge >= 0.3 is 0 Å². The summed E-state index contributed by atoms with van der Waals surface area (Å²) in [7, 11) is 2.14. The fourth-order valence-corrected chi connectivity index (χ4v) is 4.93. The second-order valence-electron chi connectivity index (χ2n) is 8.49. The highest BCUT2D eigenvalue weighted by Crippen LogP contribution is 2.37. The highest BCUT2D eigenvalue weighted by molar-refractivity contribution is 6.28. The number of carbonyl (C=O) groups excluding carboxylic acids is 1. The first-order valence-corrected chi connectivity index (χ1v) is 10.6. The molecule has 2 aromatic heterocycles. The summed E-state index contributed by atoms with van der Waals surface area (Å²) < 4.78 is 0. The molecule has 1 aliphatic rings. The molecular formula is C25H24N4O. The lowest BCUT2D eigenvalue weighted by molar-refractivity contribution is 0.0918. The van der Waals surface area contributed by atoms with Crippen LogP contribution in [0.2, 0.25) is 0 Å². The molecule has 1 fully saturated rings. The molecule has 30 heavy (non-hydrogen) atoms. The fraction of sp³-hybridized carbons (Fsp3) is 0.240. The van der Waals surface area contributed by atoms with E-state index in [0.717, 1.165) is 75.1 Å². The molecule has 5 heteroatoms. The quantitative estimate of drug-likeness (QED) is 0.402. The number of H-pyrrole nitrogens is 2. The van der Waals surface area contributed by atoms with Gasteiger partial charge in [-0.05, 0) is 51.2 Å². The van der Waals surface area contributed by atoms with E-state index in [-0.39, 0.29) is 11.9 Å². The zero-order valence-electron chi connectivity index (χ0n) is 17.0. The van der Waals surface area contributed by atoms with E-state index in [2.05, 4.69) is 63.6 Å². The molecule has 0 aliphatic carbocycles. The van der Waals surface area contributed by atoms with Gasteiger partial charge in [-0.3, -0.25) is 4.79 Å². The van der Waals surface area contributed by atoms with Crippen molar-refractivity contribution in [2.75, 3.05) is 20.1 Å². The van der Waals surface area contributed by atoms with Gasteiger partial charge in [0.2, 0.25) is 0 Å². The van der Waals surface area contributed by atoms with Gasteiger partial charge in [0, 0.05) is 38.6 Å². The van der Waals surface area contributed by atoms with Gasteiger partial charge in [-0.1, -0.05) is 36.4 Å². The van der Waals surface area contributed by atoms with Gasteiger partial charge in [-0.25, -0.2) is 0 Å². The first-order valence-electron chi connectivity index (χ1n) is 10.6. The van der Waals surface area contributed by atoms with E-state index in [4.69, 9.17) is 0 Å². The molecule has 1 amide bonds. The van der Waals surface area contributed by atoms with Crippen LogP contribution in [0, 0.1) is 0 Å². The minimum Gasteiger partial charge on any atom is -0.354 e. The Morgan fingerprint density at radius 1 is 0.900 bits per heavy atom. The zero-order valence-corrected chi connectivity index (χ0v) is 17.0. The number of nitrogens with one attached hydrogen (secondary N) is 3. The molecule has 3 N–H and O–H groups in total. The Morgan fingerprint density at radius 2 is 1.53 bits per heavy atom. The van der Waals surface area contributed by atoms with Gasteiger partial charge in [0.05, 0.1) is 16.6 Å². The maximum absolute atomic E-state index is 13.4. The van der Waals surface area contributed by atoms with E-state index >= 15 is 0 Å². The molecule has 3 heterocycles. The van der Waals surface area contributed by atoms with Crippen molar-refractivity contribution in [1.29, 1.82) is 0 Å². The molecule has 0 radical (unpaired) electrons. The van der Waals surface area contributed by atoms with Crippen molar-refractivity contribution in [2.45, 2.75) is 18.9 Å². The van der Waals surface area contributed by atoms with Crippen LogP contribution in [0.25, 0.3) is 43.6 Å². The SMILES string of the molecule is CN1CCC(NC(=O)c2cc3c4ccccc4[nH]c3c3c2[nH]c2ccccc23)CC1. The lowest BCUT2D eigenvalue weighted by Crippen LogP contribution is -2.43. The standard InChI is InChI=1S/C25H24N4O/c1-29-12-10-15(11-13-29)26-25(30)19-14-18-16-6-2-4-8-20(16)27-23(18)22-17-7-3-5-9-21(17)28-24(19)22/h2-9,14-15,27-28H,10-13H2,1H3,(H,26,30). The van der Waals surface area contributed by atoms with Crippen LogP contribution < -0.4 is 5.32 Å². The number of para-hydroxylation sites is 2. The van der Waals surface area contributed by atoms with Crippen molar-refractivity contribution in [1.82, 2.24) is 20.2 Å². The zero-order chi connectivity index (χ0) is 20.2. The second kappa shape index (κ2) is 6.61. The predicted octanol–water partition coefficient (Wildman–Crippen LogP) is 4.78. The normalized spacial score (nSPS) is 16.2. The molecule has 1 saturated heterocycles. The van der Waals surface area contributed by atoms with E-state index in [1.54, 1.807) is 0 Å². The van der Waals surface area contributed by atoms with Crippen molar-refractivity contribution in [3.8, 4) is 0 Å². The molecule has 0 spiro atoms. The largest absolute Gasteiger partial charge is 0.354 e. The van der Waals surface area contributed by atoms with E-state index in [1.807, 2.05) is 18.2 Å². The molecule has 6 rings (SSSR count). The maximum atomic E-state index is 13.4. The third kappa shape index (κ3) is 2.62. The minimum absolute atomic E-state index is 0.00768. The highest BCUT2D eigenvalue weighted by Gasteiger charge is 2.23. The number of rotatable bonds is 2. The summed E-state index contributed by atoms with van der Waals surface area (Å²) in [6.45, 7) is 2.04. The van der Waals surface area contributed by atoms with Crippen LogP contribution in [0.5, 0.6) is 0 Å². The first-order chi connectivity index (χ1) is 14.7. The molecular weight excluding hydrogens is 372 g/mol. The number of piperidine rings is 1. The van der Waals surface area contributed by atoms with E-state index in [1.165, 1.54) is 0 Å². The van der Waals surface area contributed by atoms with Crippen LogP contribution in [0.4, 0.5) is 0 Å². The van der Waals surface area contributed by atoms with Crippen molar-refractivity contribution < 1.29 is 4.79 Å². The second-order valence-corrected chi connectivity index (χ2v) is 8.49. The van der Waals surface area contributed by atoms with Crippen molar-refractivity contribution >= 4 is 49.5 Å². The van der Waals surface area contributed by atoms with Gasteiger partial charge < -0.3 is 20.2 Å². The predicted molar refractivity (Wildman–Crippen MR) is 123 cm³/mol. The summed E-state index contributed by atoms with van der Waals surface area (Å²) in [6.07, 6.45) is 1.99. The van der Waals surface area contributed by atoms with Crippen LogP contribution >= 0.6 is 0 Å². The highest BCUT2D eigenvalue weighted by atomic mass is 16.1. The fourth-order valence-electron chi connectivity index (χ4n) is 4.93. The van der Waals surface area contributed by atoms with Gasteiger partial charge in [0.1, 0.15) is 0 Å². The van der Waals surface area contributed by atoms with Crippen molar-refractivity contribution in [2.24, 2.45) is 0 Å². The molecule has 150 valence electrons. The van der Waals surface area contributed by atoms with Crippen LogP contribution in [0.3, 0.4) is 0 Å². The molecule has 0 bridgehead atoms. The third-order valence-corrected chi connectivity index (χ3v) is 6.56. The van der Waals surface area contributed by atoms with Gasteiger partial charge in [0.15, 0.2) is 0 Å². The molecule has 0 atom stereocenters. The molecule has 1 aliphatic heterocycles. The maximum Gasteiger partial charge on any atom is 0.253 e. The Kier molecular flexibility index (Phi) is 3.86. The number of aromatic amines is 2.